The molecule has 0 aliphatic carbocycles. The number of fused-ring (bicyclic) bond motifs is 1. The van der Waals surface area contributed by atoms with E-state index in [0.717, 1.165) is 16.9 Å². The number of ketones is 1. The zero-order chi connectivity index (χ0) is 16.6. The molecule has 4 heteroatoms. The largest absolute Gasteiger partial charge is 0.492 e. The molecule has 2 aromatic rings. The number of amides is 1. The molecule has 1 aliphatic rings. The summed E-state index contributed by atoms with van der Waals surface area (Å²) in [6, 6.07) is 11.4. The van der Waals surface area contributed by atoms with Crippen molar-refractivity contribution < 1.29 is 14.3 Å². The van der Waals surface area contributed by atoms with E-state index in [1.165, 1.54) is 10.5 Å². The molecule has 23 heavy (non-hydrogen) atoms. The second-order valence-corrected chi connectivity index (χ2v) is 5.90. The van der Waals surface area contributed by atoms with Crippen molar-refractivity contribution in [2.24, 2.45) is 0 Å². The summed E-state index contributed by atoms with van der Waals surface area (Å²) in [6.45, 7) is 6.68. The molecule has 0 N–H and O–H groups in total. The number of aryl methyl sites for hydroxylation is 3. The van der Waals surface area contributed by atoms with Crippen molar-refractivity contribution in [3.05, 3.63) is 58.7 Å². The number of anilines is 1. The number of ether oxygens (including phenoxy) is 1. The Bertz CT molecular complexity index is 795. The van der Waals surface area contributed by atoms with Crippen LogP contribution in [0, 0.1) is 20.8 Å². The van der Waals surface area contributed by atoms with Crippen LogP contribution in [0.2, 0.25) is 0 Å². The monoisotopic (exact) mass is 309 g/mol. The zero-order valence-electron chi connectivity index (χ0n) is 13.6. The van der Waals surface area contributed by atoms with Gasteiger partial charge in [0.2, 0.25) is 0 Å². The van der Waals surface area contributed by atoms with Crippen molar-refractivity contribution in [2.45, 2.75) is 20.8 Å². The fourth-order valence-electron chi connectivity index (χ4n) is 2.69. The second kappa shape index (κ2) is 5.88. The van der Waals surface area contributed by atoms with Gasteiger partial charge in [0.1, 0.15) is 12.4 Å². The van der Waals surface area contributed by atoms with E-state index in [-0.39, 0.29) is 0 Å². The number of carbonyl (C=O) groups is 2. The summed E-state index contributed by atoms with van der Waals surface area (Å²) in [4.78, 5) is 25.7. The van der Waals surface area contributed by atoms with E-state index in [0.29, 0.717) is 24.4 Å². The molecule has 1 heterocycles. The van der Waals surface area contributed by atoms with Crippen molar-refractivity contribution in [3.63, 3.8) is 0 Å². The normalized spacial score (nSPS) is 13.4. The van der Waals surface area contributed by atoms with Crippen LogP contribution in [0.15, 0.2) is 36.4 Å². The van der Waals surface area contributed by atoms with E-state index >= 15 is 0 Å². The van der Waals surface area contributed by atoms with E-state index in [1.807, 2.05) is 51.1 Å². The lowest BCUT2D eigenvalue weighted by molar-refractivity contribution is -0.114. The first-order valence-corrected chi connectivity index (χ1v) is 7.64. The molecule has 0 bridgehead atoms. The molecule has 0 unspecified atom stereocenters. The van der Waals surface area contributed by atoms with E-state index in [1.54, 1.807) is 6.07 Å². The maximum Gasteiger partial charge on any atom is 0.299 e. The molecule has 3 rings (SSSR count). The highest BCUT2D eigenvalue weighted by molar-refractivity contribution is 6.52. The Morgan fingerprint density at radius 3 is 2.48 bits per heavy atom. The van der Waals surface area contributed by atoms with Crippen LogP contribution >= 0.6 is 0 Å². The Morgan fingerprint density at radius 1 is 0.957 bits per heavy atom. The first-order valence-electron chi connectivity index (χ1n) is 7.64. The third-order valence-corrected chi connectivity index (χ3v) is 4.19. The highest BCUT2D eigenvalue weighted by Gasteiger charge is 2.35. The van der Waals surface area contributed by atoms with Gasteiger partial charge in [-0.3, -0.25) is 9.59 Å². The number of Topliss-reactive ketones (excluding diaryl/α,β-unsaturated/α-hetero) is 1. The van der Waals surface area contributed by atoms with Crippen LogP contribution < -0.4 is 9.64 Å². The molecule has 0 aromatic heterocycles. The average Bonchev–Trinajstić information content (AvgIpc) is 2.75. The molecular weight excluding hydrogens is 290 g/mol. The molecule has 0 spiro atoms. The van der Waals surface area contributed by atoms with Gasteiger partial charge in [-0.05, 0) is 56.2 Å². The Hall–Kier alpha value is -2.62. The lowest BCUT2D eigenvalue weighted by Gasteiger charge is -2.17. The number of hydrogen-bond donors (Lipinski definition) is 0. The maximum atomic E-state index is 12.1. The smallest absolute Gasteiger partial charge is 0.299 e. The second-order valence-electron chi connectivity index (χ2n) is 5.90. The van der Waals surface area contributed by atoms with Crippen LogP contribution in [0.1, 0.15) is 27.0 Å². The quantitative estimate of drug-likeness (QED) is 0.815. The zero-order valence-corrected chi connectivity index (χ0v) is 13.6. The predicted molar refractivity (Wildman–Crippen MR) is 89.3 cm³/mol. The van der Waals surface area contributed by atoms with Gasteiger partial charge in [0, 0.05) is 0 Å². The predicted octanol–water partition coefficient (Wildman–Crippen LogP) is 3.22. The number of hydrogen-bond acceptors (Lipinski definition) is 3. The third kappa shape index (κ3) is 2.84. The minimum atomic E-state index is -0.478. The SMILES string of the molecule is Cc1ccc2c(c1)C(=O)C(=O)N2CCOc1ccc(C)c(C)c1. The Morgan fingerprint density at radius 2 is 1.74 bits per heavy atom. The van der Waals surface area contributed by atoms with Gasteiger partial charge < -0.3 is 9.64 Å². The summed E-state index contributed by atoms with van der Waals surface area (Å²) in [5, 5.41) is 0. The fourth-order valence-corrected chi connectivity index (χ4v) is 2.69. The van der Waals surface area contributed by atoms with Crippen molar-refractivity contribution >= 4 is 17.4 Å². The molecular formula is C19H19NO3. The Kier molecular flexibility index (Phi) is 3.90. The third-order valence-electron chi connectivity index (χ3n) is 4.19. The topological polar surface area (TPSA) is 46.6 Å². The van der Waals surface area contributed by atoms with Gasteiger partial charge in [-0.25, -0.2) is 0 Å². The molecule has 1 amide bonds. The molecule has 0 atom stereocenters. The fraction of sp³-hybridized carbons (Fsp3) is 0.263. The van der Waals surface area contributed by atoms with Crippen LogP contribution in [0.4, 0.5) is 5.69 Å². The number of rotatable bonds is 4. The van der Waals surface area contributed by atoms with Crippen LogP contribution in [-0.2, 0) is 4.79 Å². The summed E-state index contributed by atoms with van der Waals surface area (Å²) in [5.41, 5.74) is 4.51. The summed E-state index contributed by atoms with van der Waals surface area (Å²) < 4.78 is 5.72. The molecule has 0 radical (unpaired) electrons. The first-order chi connectivity index (χ1) is 11.0. The number of nitrogens with zero attached hydrogens (tertiary/aromatic N) is 1. The minimum absolute atomic E-state index is 0.342. The lowest BCUT2D eigenvalue weighted by Crippen LogP contribution is -2.33. The summed E-state index contributed by atoms with van der Waals surface area (Å²) >= 11 is 0. The molecule has 118 valence electrons. The highest BCUT2D eigenvalue weighted by Crippen LogP contribution is 2.29. The van der Waals surface area contributed by atoms with Crippen molar-refractivity contribution in [1.82, 2.24) is 0 Å². The van der Waals surface area contributed by atoms with Crippen LogP contribution in [0.5, 0.6) is 5.75 Å². The summed E-state index contributed by atoms with van der Waals surface area (Å²) in [5.74, 6) is -0.139. The molecule has 4 nitrogen and oxygen atoms in total. The van der Waals surface area contributed by atoms with Crippen LogP contribution in [0.3, 0.4) is 0 Å². The van der Waals surface area contributed by atoms with Crippen LogP contribution in [-0.4, -0.2) is 24.8 Å². The van der Waals surface area contributed by atoms with Crippen molar-refractivity contribution in [1.29, 1.82) is 0 Å². The van der Waals surface area contributed by atoms with Gasteiger partial charge in [0.15, 0.2) is 0 Å². The van der Waals surface area contributed by atoms with Gasteiger partial charge in [-0.15, -0.1) is 0 Å². The Balaban J connectivity index is 1.70. The minimum Gasteiger partial charge on any atom is -0.492 e. The molecule has 0 saturated heterocycles. The highest BCUT2D eigenvalue weighted by atomic mass is 16.5. The summed E-state index contributed by atoms with van der Waals surface area (Å²) in [7, 11) is 0. The lowest BCUT2D eigenvalue weighted by atomic mass is 10.1. The van der Waals surface area contributed by atoms with Gasteiger partial charge in [0.25, 0.3) is 11.7 Å². The summed E-state index contributed by atoms with van der Waals surface area (Å²) in [6.07, 6.45) is 0. The van der Waals surface area contributed by atoms with E-state index in [4.69, 9.17) is 4.74 Å². The van der Waals surface area contributed by atoms with Crippen molar-refractivity contribution in [3.8, 4) is 5.75 Å². The maximum absolute atomic E-state index is 12.1. The molecule has 2 aromatic carbocycles. The Labute approximate surface area is 135 Å². The van der Waals surface area contributed by atoms with Gasteiger partial charge in [0.05, 0.1) is 17.8 Å². The number of carbonyl (C=O) groups excluding carboxylic acids is 2. The number of benzene rings is 2. The standard InChI is InChI=1S/C19H19NO3/c1-12-4-7-17-16(10-12)18(21)19(22)20(17)8-9-23-15-6-5-13(2)14(3)11-15/h4-7,10-11H,8-9H2,1-3H3. The molecule has 0 fully saturated rings. The van der Waals surface area contributed by atoms with E-state index in [2.05, 4.69) is 0 Å². The average molecular weight is 309 g/mol. The van der Waals surface area contributed by atoms with Gasteiger partial charge in [-0.1, -0.05) is 17.7 Å². The molecule has 1 aliphatic heterocycles. The van der Waals surface area contributed by atoms with E-state index in [9.17, 15) is 9.59 Å². The van der Waals surface area contributed by atoms with Crippen molar-refractivity contribution in [2.75, 3.05) is 18.1 Å². The first kappa shape index (κ1) is 15.3. The van der Waals surface area contributed by atoms with Gasteiger partial charge in [-0.2, -0.15) is 0 Å². The van der Waals surface area contributed by atoms with E-state index < -0.39 is 11.7 Å². The van der Waals surface area contributed by atoms with Crippen LogP contribution in [0.25, 0.3) is 0 Å². The molecule has 0 saturated carbocycles. The van der Waals surface area contributed by atoms with Gasteiger partial charge >= 0.3 is 0 Å².